The molecule has 0 radical (unpaired) electrons. The molecular weight excluding hydrogens is 326 g/mol. The molecule has 0 aliphatic rings. The number of benzene rings is 1. The minimum Gasteiger partial charge on any atom is -0.491 e. The van der Waals surface area contributed by atoms with E-state index in [9.17, 15) is 4.79 Å². The van der Waals surface area contributed by atoms with Gasteiger partial charge in [0.2, 0.25) is 0 Å². The molecule has 0 aliphatic heterocycles. The first kappa shape index (κ1) is 22.5. The first-order valence-corrected chi connectivity index (χ1v) is 9.94. The maximum atomic E-state index is 13.1. The van der Waals surface area contributed by atoms with Crippen molar-refractivity contribution in [3.05, 3.63) is 24.3 Å². The van der Waals surface area contributed by atoms with Gasteiger partial charge in [0.1, 0.15) is 11.4 Å². The van der Waals surface area contributed by atoms with E-state index in [0.29, 0.717) is 31.3 Å². The van der Waals surface area contributed by atoms with Crippen molar-refractivity contribution in [3.63, 3.8) is 0 Å². The molecule has 0 spiro atoms. The fraction of sp³-hybridized carbons (Fsp3) is 0.682. The Hall–Kier alpha value is -1.55. The molecule has 0 fully saturated rings. The van der Waals surface area contributed by atoms with Crippen LogP contribution in [0.2, 0.25) is 0 Å². The summed E-state index contributed by atoms with van der Waals surface area (Å²) in [4.78, 5) is 13.1. The van der Waals surface area contributed by atoms with Crippen molar-refractivity contribution >= 4 is 11.6 Å². The molecule has 1 aromatic rings. The summed E-state index contributed by atoms with van der Waals surface area (Å²) in [5, 5.41) is 3.05. The van der Waals surface area contributed by atoms with E-state index >= 15 is 0 Å². The summed E-state index contributed by atoms with van der Waals surface area (Å²) in [6, 6.07) is 7.57. The monoisotopic (exact) mass is 363 g/mol. The van der Waals surface area contributed by atoms with Crippen LogP contribution in [0.4, 0.5) is 5.69 Å². The largest absolute Gasteiger partial charge is 0.491 e. The van der Waals surface area contributed by atoms with Crippen LogP contribution in [0.5, 0.6) is 5.75 Å². The Morgan fingerprint density at radius 3 is 1.96 bits per heavy atom. The van der Waals surface area contributed by atoms with Gasteiger partial charge >= 0.3 is 0 Å². The van der Waals surface area contributed by atoms with E-state index in [2.05, 4.69) is 39.9 Å². The van der Waals surface area contributed by atoms with Crippen LogP contribution in [0, 0.1) is 11.8 Å². The van der Waals surface area contributed by atoms with Gasteiger partial charge in [-0.05, 0) is 69.2 Å². The molecule has 0 heterocycles. The van der Waals surface area contributed by atoms with E-state index < -0.39 is 5.60 Å². The number of hydrogen-bond donors (Lipinski definition) is 1. The number of ether oxygens (including phenoxy) is 2. The van der Waals surface area contributed by atoms with Gasteiger partial charge in [-0.2, -0.15) is 0 Å². The minimum atomic E-state index is -0.789. The van der Waals surface area contributed by atoms with Crippen molar-refractivity contribution < 1.29 is 14.3 Å². The van der Waals surface area contributed by atoms with Gasteiger partial charge in [0.25, 0.3) is 5.91 Å². The fourth-order valence-electron chi connectivity index (χ4n) is 3.22. The third-order valence-corrected chi connectivity index (χ3v) is 4.33. The van der Waals surface area contributed by atoms with Crippen molar-refractivity contribution in [1.29, 1.82) is 0 Å². The average Bonchev–Trinajstić information content (AvgIpc) is 2.55. The van der Waals surface area contributed by atoms with Crippen molar-refractivity contribution in [2.24, 2.45) is 11.8 Å². The van der Waals surface area contributed by atoms with Gasteiger partial charge in [-0.1, -0.05) is 34.6 Å². The highest BCUT2D eigenvalue weighted by molar-refractivity contribution is 5.97. The normalized spacial score (nSPS) is 13.1. The van der Waals surface area contributed by atoms with Crippen molar-refractivity contribution in [2.45, 2.75) is 79.4 Å². The van der Waals surface area contributed by atoms with E-state index in [1.165, 1.54) is 0 Å². The zero-order valence-electron chi connectivity index (χ0n) is 17.6. The average molecular weight is 364 g/mol. The lowest BCUT2D eigenvalue weighted by Crippen LogP contribution is -2.47. The van der Waals surface area contributed by atoms with Gasteiger partial charge in [-0.25, -0.2) is 0 Å². The first-order chi connectivity index (χ1) is 12.2. The van der Waals surface area contributed by atoms with Gasteiger partial charge < -0.3 is 14.8 Å². The standard InChI is InChI=1S/C22H37NO3/c1-8-18(7)26-20-12-10-19(11-13-20)23-21(24)22(25-9-2,14-16(3)4)15-17(5)6/h10-13,16-18H,8-9,14-15H2,1-7H3,(H,23,24)/t18-/m0/s1. The Bertz CT molecular complexity index is 527. The van der Waals surface area contributed by atoms with Crippen LogP contribution in [0.15, 0.2) is 24.3 Å². The molecule has 1 N–H and O–H groups in total. The second-order valence-electron chi connectivity index (χ2n) is 7.94. The zero-order valence-corrected chi connectivity index (χ0v) is 17.6. The van der Waals surface area contributed by atoms with Crippen molar-refractivity contribution in [1.82, 2.24) is 0 Å². The summed E-state index contributed by atoms with van der Waals surface area (Å²) in [5.41, 5.74) is -0.0220. The van der Waals surface area contributed by atoms with Crippen LogP contribution in [-0.4, -0.2) is 24.2 Å². The Kier molecular flexibility index (Phi) is 9.14. The lowest BCUT2D eigenvalue weighted by molar-refractivity contribution is -0.146. The molecule has 0 unspecified atom stereocenters. The molecule has 1 aromatic carbocycles. The number of carbonyl (C=O) groups is 1. The molecule has 4 heteroatoms. The van der Waals surface area contributed by atoms with Crippen LogP contribution < -0.4 is 10.1 Å². The highest BCUT2D eigenvalue weighted by Gasteiger charge is 2.40. The third-order valence-electron chi connectivity index (χ3n) is 4.33. The summed E-state index contributed by atoms with van der Waals surface area (Å²) in [7, 11) is 0. The summed E-state index contributed by atoms with van der Waals surface area (Å²) in [6.45, 7) is 15.1. The summed E-state index contributed by atoms with van der Waals surface area (Å²) >= 11 is 0. The number of anilines is 1. The second-order valence-corrected chi connectivity index (χ2v) is 7.94. The molecule has 1 atom stereocenters. The van der Waals surface area contributed by atoms with Crippen molar-refractivity contribution in [2.75, 3.05) is 11.9 Å². The molecule has 1 amide bonds. The van der Waals surface area contributed by atoms with Gasteiger partial charge in [0.15, 0.2) is 0 Å². The quantitative estimate of drug-likeness (QED) is 0.551. The number of nitrogens with one attached hydrogen (secondary N) is 1. The fourth-order valence-corrected chi connectivity index (χ4v) is 3.22. The van der Waals surface area contributed by atoms with Gasteiger partial charge in [0.05, 0.1) is 6.10 Å². The Morgan fingerprint density at radius 1 is 1.00 bits per heavy atom. The van der Waals surface area contributed by atoms with Crippen LogP contribution in [0.25, 0.3) is 0 Å². The molecule has 0 aliphatic carbocycles. The molecule has 0 saturated heterocycles. The molecule has 0 bridgehead atoms. The maximum Gasteiger partial charge on any atom is 0.256 e. The van der Waals surface area contributed by atoms with Gasteiger partial charge in [-0.15, -0.1) is 0 Å². The van der Waals surface area contributed by atoms with Gasteiger partial charge in [0, 0.05) is 12.3 Å². The lowest BCUT2D eigenvalue weighted by atomic mass is 9.83. The zero-order chi connectivity index (χ0) is 19.7. The Balaban J connectivity index is 2.93. The molecule has 26 heavy (non-hydrogen) atoms. The second kappa shape index (κ2) is 10.6. The number of amides is 1. The van der Waals surface area contributed by atoms with Gasteiger partial charge in [-0.3, -0.25) is 4.79 Å². The highest BCUT2D eigenvalue weighted by Crippen LogP contribution is 2.31. The predicted octanol–water partition coefficient (Wildman–Crippen LogP) is 5.67. The van der Waals surface area contributed by atoms with E-state index in [-0.39, 0.29) is 12.0 Å². The molecule has 4 nitrogen and oxygen atoms in total. The lowest BCUT2D eigenvalue weighted by Gasteiger charge is -2.35. The number of carbonyl (C=O) groups excluding carboxylic acids is 1. The molecular formula is C22H37NO3. The summed E-state index contributed by atoms with van der Waals surface area (Å²) in [6.07, 6.45) is 2.55. The third kappa shape index (κ3) is 6.99. The van der Waals surface area contributed by atoms with E-state index in [0.717, 1.165) is 17.9 Å². The van der Waals surface area contributed by atoms with Crippen molar-refractivity contribution in [3.8, 4) is 5.75 Å². The first-order valence-electron chi connectivity index (χ1n) is 9.94. The van der Waals surface area contributed by atoms with Crippen LogP contribution >= 0.6 is 0 Å². The molecule has 0 saturated carbocycles. The van der Waals surface area contributed by atoms with Crippen LogP contribution in [-0.2, 0) is 9.53 Å². The molecule has 1 rings (SSSR count). The van der Waals surface area contributed by atoms with Crippen LogP contribution in [0.3, 0.4) is 0 Å². The Labute approximate surface area is 159 Å². The Morgan fingerprint density at radius 2 is 1.54 bits per heavy atom. The van der Waals surface area contributed by atoms with E-state index in [1.54, 1.807) is 0 Å². The maximum absolute atomic E-state index is 13.1. The molecule has 148 valence electrons. The van der Waals surface area contributed by atoms with Crippen LogP contribution in [0.1, 0.15) is 67.7 Å². The van der Waals surface area contributed by atoms with E-state index in [4.69, 9.17) is 9.47 Å². The number of hydrogen-bond acceptors (Lipinski definition) is 3. The van der Waals surface area contributed by atoms with E-state index in [1.807, 2.05) is 38.1 Å². The minimum absolute atomic E-state index is 0.0580. The topological polar surface area (TPSA) is 47.6 Å². The smallest absolute Gasteiger partial charge is 0.256 e. The number of rotatable bonds is 11. The summed E-state index contributed by atoms with van der Waals surface area (Å²) in [5.74, 6) is 1.50. The summed E-state index contributed by atoms with van der Waals surface area (Å²) < 4.78 is 11.8. The molecule has 0 aromatic heterocycles. The highest BCUT2D eigenvalue weighted by atomic mass is 16.5. The SMILES string of the molecule is CCOC(CC(C)C)(CC(C)C)C(=O)Nc1ccc(O[C@@H](C)CC)cc1. The predicted molar refractivity (Wildman–Crippen MR) is 109 cm³/mol.